The minimum atomic E-state index is 0.796. The lowest BCUT2D eigenvalue weighted by Gasteiger charge is -2.25. The zero-order chi connectivity index (χ0) is 43.5. The first-order valence-electron chi connectivity index (χ1n) is 23.4. The molecule has 1 fully saturated rings. The fourth-order valence-corrected chi connectivity index (χ4v) is 7.73. The van der Waals surface area contributed by atoms with E-state index in [0.29, 0.717) is 0 Å². The Labute approximate surface area is 353 Å². The lowest BCUT2D eigenvalue weighted by molar-refractivity contribution is 0.294. The van der Waals surface area contributed by atoms with Crippen molar-refractivity contribution < 1.29 is 0 Å². The van der Waals surface area contributed by atoms with E-state index < -0.39 is 0 Å². The molecule has 0 nitrogen and oxygen atoms in total. The molecule has 3 aromatic rings. The van der Waals surface area contributed by atoms with Crippen molar-refractivity contribution >= 4 is 0 Å². The van der Waals surface area contributed by atoms with Crippen LogP contribution in [0.3, 0.4) is 0 Å². The third-order valence-electron chi connectivity index (χ3n) is 10.7. The Morgan fingerprint density at radius 1 is 0.714 bits per heavy atom. The summed E-state index contributed by atoms with van der Waals surface area (Å²) in [6.45, 7) is 36.7. The number of benzene rings is 3. The number of terminal acetylenes is 1. The second kappa shape index (κ2) is 37.5. The lowest BCUT2D eigenvalue weighted by Crippen LogP contribution is -2.17. The van der Waals surface area contributed by atoms with Crippen LogP contribution in [0.5, 0.6) is 0 Å². The maximum atomic E-state index is 4.00. The molecule has 0 radical (unpaired) electrons. The summed E-state index contributed by atoms with van der Waals surface area (Å²) in [5, 5.41) is 0. The van der Waals surface area contributed by atoms with Gasteiger partial charge in [-0.1, -0.05) is 195 Å². The summed E-state index contributed by atoms with van der Waals surface area (Å²) in [6, 6.07) is 23.7. The van der Waals surface area contributed by atoms with Crippen molar-refractivity contribution in [1.29, 1.82) is 0 Å². The van der Waals surface area contributed by atoms with E-state index in [-0.39, 0.29) is 0 Å². The van der Waals surface area contributed by atoms with Crippen molar-refractivity contribution in [2.24, 2.45) is 23.7 Å². The third kappa shape index (κ3) is 21.5. The van der Waals surface area contributed by atoms with Crippen molar-refractivity contribution in [3.8, 4) is 24.0 Å². The Bertz CT molecular complexity index is 1360. The van der Waals surface area contributed by atoms with Crippen LogP contribution >= 0.6 is 0 Å². The zero-order valence-corrected chi connectivity index (χ0v) is 40.5. The minimum Gasteiger partial charge on any atom is -0.124 e. The predicted molar refractivity (Wildman–Crippen MR) is 261 cm³/mol. The van der Waals surface area contributed by atoms with Crippen molar-refractivity contribution in [1.82, 2.24) is 0 Å². The topological polar surface area (TPSA) is 0 Å². The van der Waals surface area contributed by atoms with Gasteiger partial charge in [-0.3, -0.25) is 0 Å². The van der Waals surface area contributed by atoms with Gasteiger partial charge in [0, 0.05) is 0 Å². The number of hydrogen-bond donors (Lipinski definition) is 0. The average molecular weight is 767 g/mol. The largest absolute Gasteiger partial charge is 0.124 e. The molecule has 0 N–H and O–H groups in total. The Hall–Kier alpha value is -3.04. The van der Waals surface area contributed by atoms with Gasteiger partial charge in [0.1, 0.15) is 0 Å². The molecule has 3 aromatic carbocycles. The van der Waals surface area contributed by atoms with Crippen LogP contribution in [0.2, 0.25) is 0 Å². The van der Waals surface area contributed by atoms with E-state index in [9.17, 15) is 0 Å². The summed E-state index contributed by atoms with van der Waals surface area (Å²) in [7, 11) is 0. The summed E-state index contributed by atoms with van der Waals surface area (Å²) in [5.41, 5.74) is 13.5. The highest BCUT2D eigenvalue weighted by molar-refractivity contribution is 5.73. The second-order valence-electron chi connectivity index (χ2n) is 15.0. The lowest BCUT2D eigenvalue weighted by atomic mass is 9.80. The van der Waals surface area contributed by atoms with Crippen LogP contribution < -0.4 is 0 Å². The Balaban J connectivity index is -0.00000194. The number of allylic oxidation sites excluding steroid dienone is 2. The van der Waals surface area contributed by atoms with Gasteiger partial charge in [0.15, 0.2) is 0 Å². The molecule has 0 amide bonds. The van der Waals surface area contributed by atoms with Crippen molar-refractivity contribution in [2.75, 3.05) is 0 Å². The van der Waals surface area contributed by atoms with Crippen molar-refractivity contribution in [2.45, 2.75) is 201 Å². The molecule has 1 aliphatic rings. The highest BCUT2D eigenvalue weighted by atomic mass is 14.3. The molecule has 3 atom stereocenters. The van der Waals surface area contributed by atoms with Gasteiger partial charge in [0.2, 0.25) is 0 Å². The zero-order valence-electron chi connectivity index (χ0n) is 40.5. The van der Waals surface area contributed by atoms with Gasteiger partial charge in [0.05, 0.1) is 0 Å². The van der Waals surface area contributed by atoms with Gasteiger partial charge < -0.3 is 0 Å². The molecule has 0 heterocycles. The smallest absolute Gasteiger partial charge is 0.00228 e. The highest BCUT2D eigenvalue weighted by Crippen LogP contribution is 2.40. The van der Waals surface area contributed by atoms with E-state index >= 15 is 0 Å². The monoisotopic (exact) mass is 767 g/mol. The van der Waals surface area contributed by atoms with E-state index in [0.717, 1.165) is 36.5 Å². The van der Waals surface area contributed by atoms with Gasteiger partial charge in [-0.05, 0) is 147 Å². The molecular weight excluding hydrogens is 673 g/mol. The average Bonchev–Trinajstić information content (AvgIpc) is 3.72. The fourth-order valence-electron chi connectivity index (χ4n) is 7.73. The molecule has 56 heavy (non-hydrogen) atoms. The van der Waals surface area contributed by atoms with Gasteiger partial charge in [-0.2, -0.15) is 0 Å². The van der Waals surface area contributed by atoms with Crippen LogP contribution in [0.1, 0.15) is 202 Å². The van der Waals surface area contributed by atoms with E-state index in [2.05, 4.69) is 142 Å². The summed E-state index contributed by atoms with van der Waals surface area (Å²) < 4.78 is 0. The molecule has 0 spiro atoms. The number of hydrogen-bond acceptors (Lipinski definition) is 0. The number of rotatable bonds is 15. The molecule has 4 rings (SSSR count). The second-order valence-corrected chi connectivity index (χ2v) is 15.0. The van der Waals surface area contributed by atoms with Gasteiger partial charge >= 0.3 is 0 Å². The predicted octanol–water partition coefficient (Wildman–Crippen LogP) is 18.3. The van der Waals surface area contributed by atoms with E-state index in [4.69, 9.17) is 0 Å². The molecule has 0 saturated heterocycles. The number of aryl methyl sites for hydroxylation is 1. The summed E-state index contributed by atoms with van der Waals surface area (Å²) >= 11 is 0. The van der Waals surface area contributed by atoms with Crippen LogP contribution in [0.15, 0.2) is 72.3 Å². The Morgan fingerprint density at radius 3 is 1.79 bits per heavy atom. The summed E-state index contributed by atoms with van der Waals surface area (Å²) in [5.74, 6) is 3.33. The third-order valence-corrected chi connectivity index (χ3v) is 10.7. The first kappa shape index (κ1) is 57.3. The fraction of sp³-hybridized carbons (Fsp3) is 0.607. The minimum absolute atomic E-state index is 0.796. The quantitative estimate of drug-likeness (QED) is 0.107. The van der Waals surface area contributed by atoms with Crippen LogP contribution in [0.4, 0.5) is 0 Å². The Kier molecular flexibility index (Phi) is 38.4. The SMILES string of the molecule is C#C.C/C=C(\C)CCC(C)CCCc1ccc(Cc2cccc(-c3cccc(CC4CCCC4C(C)C)c3C)c2CCC)cc1.CC.CC.CC.CC.CCC. The van der Waals surface area contributed by atoms with E-state index in [1.165, 1.54) is 110 Å². The standard InChI is InChI=1S/C43H60.C3H8.4C2H6.C2H2/c1-8-14-42-38(29-36-27-25-35(26-28-36)16-10-15-33(6)24-23-32(5)9-2)18-13-22-43(42)41-21-11-17-37(34(41)7)30-39-19-12-20-40(39)31(3)4;1-3-2;5*1-2/h9,11,13,17-18,21-22,25-28,31,33,39-40H,8,10,12,14-16,19-20,23-24,29-30H2,1-7H3;3H2,1-2H3;4*1-2H3;1-2H/b32-9+;;;;;;. The van der Waals surface area contributed by atoms with Gasteiger partial charge in [-0.25, -0.2) is 0 Å². The van der Waals surface area contributed by atoms with Crippen LogP contribution in [0.25, 0.3) is 11.1 Å². The maximum absolute atomic E-state index is 4.00. The summed E-state index contributed by atoms with van der Waals surface area (Å²) in [4.78, 5) is 0. The first-order chi connectivity index (χ1) is 27.2. The molecule has 0 aromatic heterocycles. The van der Waals surface area contributed by atoms with E-state index in [1.54, 1.807) is 11.1 Å². The Morgan fingerprint density at radius 2 is 1.25 bits per heavy atom. The molecule has 0 heteroatoms. The van der Waals surface area contributed by atoms with Crippen molar-refractivity contribution in [3.05, 3.63) is 106 Å². The van der Waals surface area contributed by atoms with Crippen LogP contribution in [-0.2, 0) is 25.7 Å². The molecule has 318 valence electrons. The molecule has 1 aliphatic carbocycles. The molecule has 3 unspecified atom stereocenters. The summed E-state index contributed by atoms with van der Waals surface area (Å²) in [6.07, 6.45) is 26.7. The van der Waals surface area contributed by atoms with Crippen LogP contribution in [-0.4, -0.2) is 0 Å². The van der Waals surface area contributed by atoms with Crippen LogP contribution in [0, 0.1) is 43.4 Å². The molecule has 0 bridgehead atoms. The molecular formula is C56H94. The van der Waals surface area contributed by atoms with E-state index in [1.807, 2.05) is 55.4 Å². The first-order valence-corrected chi connectivity index (χ1v) is 23.4. The highest BCUT2D eigenvalue weighted by Gasteiger charge is 2.30. The normalized spacial score (nSPS) is 14.6. The van der Waals surface area contributed by atoms with Gasteiger partial charge in [-0.15, -0.1) is 12.8 Å². The maximum Gasteiger partial charge on any atom is -0.00228 e. The molecule has 0 aliphatic heterocycles. The molecule has 1 saturated carbocycles. The van der Waals surface area contributed by atoms with Crippen molar-refractivity contribution in [3.63, 3.8) is 0 Å². The van der Waals surface area contributed by atoms with Gasteiger partial charge in [0.25, 0.3) is 0 Å².